The maximum Gasteiger partial charge on any atom is 0.264 e. The number of carbonyl (C=O) groups is 1. The summed E-state index contributed by atoms with van der Waals surface area (Å²) < 4.78 is 64.8. The lowest BCUT2D eigenvalue weighted by molar-refractivity contribution is -0.109. The normalized spacial score (nSPS) is 34.2. The van der Waals surface area contributed by atoms with Crippen molar-refractivity contribution >= 4 is 33.2 Å². The Morgan fingerprint density at radius 2 is 1.92 bits per heavy atom. The minimum Gasteiger partial charge on any atom is -0.490 e. The van der Waals surface area contributed by atoms with Gasteiger partial charge in [0.2, 0.25) is 10.0 Å². The predicted octanol–water partition coefficient (Wildman–Crippen LogP) is 6.52. The Kier molecular flexibility index (Phi) is 10.1. The van der Waals surface area contributed by atoms with Gasteiger partial charge in [-0.25, -0.2) is 17.5 Å². The van der Waals surface area contributed by atoms with Crippen molar-refractivity contribution in [1.82, 2.24) is 9.62 Å². The molecule has 8 rings (SSSR count). The second-order valence-corrected chi connectivity index (χ2v) is 19.1. The van der Waals surface area contributed by atoms with Crippen molar-refractivity contribution in [1.29, 1.82) is 0 Å². The van der Waals surface area contributed by atoms with Crippen LogP contribution in [0.2, 0.25) is 5.02 Å². The largest absolute Gasteiger partial charge is 0.490 e. The summed E-state index contributed by atoms with van der Waals surface area (Å²) in [6, 6.07) is 8.82. The molecule has 1 saturated carbocycles. The van der Waals surface area contributed by atoms with Crippen LogP contribution >= 0.6 is 11.6 Å². The molecule has 2 aromatic carbocycles. The van der Waals surface area contributed by atoms with E-state index in [1.165, 1.54) is 0 Å². The van der Waals surface area contributed by atoms with Crippen molar-refractivity contribution in [2.24, 2.45) is 23.7 Å². The number of hydrogen-bond acceptors (Lipinski definition) is 8. The van der Waals surface area contributed by atoms with E-state index >= 15 is 4.39 Å². The number of ether oxygens (including phenoxy) is 3. The smallest absolute Gasteiger partial charge is 0.264 e. The lowest BCUT2D eigenvalue weighted by Gasteiger charge is -2.50. The van der Waals surface area contributed by atoms with Crippen LogP contribution in [0.5, 0.6) is 5.75 Å². The number of sulfonamides is 1. The quantitative estimate of drug-likeness (QED) is 0.344. The van der Waals surface area contributed by atoms with Gasteiger partial charge in [-0.1, -0.05) is 36.7 Å². The van der Waals surface area contributed by atoms with Crippen LogP contribution in [-0.4, -0.2) is 89.2 Å². The molecular formula is C41H53ClFN3O6S. The fourth-order valence-electron chi connectivity index (χ4n) is 10.3. The molecule has 3 heterocycles. The number of carbonyl (C=O) groups excluding carboxylic acids is 1. The molecule has 1 amide bonds. The molecule has 7 atom stereocenters. The topological polar surface area (TPSA) is 97.4 Å². The molecule has 0 radical (unpaired) electrons. The molecule has 6 aliphatic rings. The second kappa shape index (κ2) is 14.4. The summed E-state index contributed by atoms with van der Waals surface area (Å²) >= 11 is 6.29. The van der Waals surface area contributed by atoms with E-state index in [0.29, 0.717) is 56.6 Å². The van der Waals surface area contributed by atoms with Crippen molar-refractivity contribution < 1.29 is 31.8 Å². The SMILES string of the molecule is COC1CCN(CCO[C@@]23C=C[C@@H](C2)[C@H](C)[C@@H](C)S(=O)(=O)NC(=O)c2ccc4c(c2)N(C[C@@H]2CC[C@H]23)C[C@@]2(CCCc3c2ccc(Cl)c3F)CO4)CC1. The molecule has 9 nitrogen and oxygen atoms in total. The summed E-state index contributed by atoms with van der Waals surface area (Å²) in [7, 11) is -2.22. The van der Waals surface area contributed by atoms with Crippen LogP contribution in [0.25, 0.3) is 0 Å². The van der Waals surface area contributed by atoms with E-state index in [1.54, 1.807) is 38.3 Å². The van der Waals surface area contributed by atoms with Gasteiger partial charge in [-0.15, -0.1) is 0 Å². The van der Waals surface area contributed by atoms with Gasteiger partial charge < -0.3 is 24.0 Å². The number of anilines is 1. The van der Waals surface area contributed by atoms with E-state index in [1.807, 2.05) is 13.0 Å². The Morgan fingerprint density at radius 3 is 2.68 bits per heavy atom. The maximum atomic E-state index is 15.5. The molecule has 53 heavy (non-hydrogen) atoms. The number of halogens is 2. The molecule has 1 spiro atoms. The molecule has 3 aliphatic heterocycles. The molecule has 3 aliphatic carbocycles. The standard InChI is InChI=1S/C41H53ClFN3O6S/c1-26-27(2)53(48,49)44-39(47)28-7-11-37-36(21-28)46(24-40(25-51-37)15-4-5-32-34(40)9-10-35(42)38(32)43)23-30-6-8-33(30)41(16-12-29(26)22-41)52-20-19-45-17-13-31(50-3)14-18-45/h7,9-12,16,21,26-27,29-31,33H,4-6,8,13-15,17-20,22-25H2,1-3H3,(H,44,47)/t26-,27-,29+,30+,33-,40+,41+/m1/s1. The van der Waals surface area contributed by atoms with Crippen molar-refractivity contribution in [3.63, 3.8) is 0 Å². The maximum absolute atomic E-state index is 15.5. The van der Waals surface area contributed by atoms with Gasteiger partial charge >= 0.3 is 0 Å². The lowest BCUT2D eigenvalue weighted by Crippen LogP contribution is -2.53. The van der Waals surface area contributed by atoms with Gasteiger partial charge in [0.25, 0.3) is 5.91 Å². The first-order valence-corrected chi connectivity index (χ1v) is 21.5. The van der Waals surface area contributed by atoms with E-state index in [2.05, 4.69) is 26.7 Å². The molecule has 1 saturated heterocycles. The van der Waals surface area contributed by atoms with Crippen LogP contribution in [0.3, 0.4) is 0 Å². The van der Waals surface area contributed by atoms with Crippen LogP contribution in [0.1, 0.15) is 80.3 Å². The number of methoxy groups -OCH3 is 1. The van der Waals surface area contributed by atoms with Gasteiger partial charge in [-0.3, -0.25) is 4.79 Å². The Balaban J connectivity index is 1.15. The van der Waals surface area contributed by atoms with E-state index in [9.17, 15) is 13.2 Å². The van der Waals surface area contributed by atoms with Gasteiger partial charge in [0, 0.05) is 50.8 Å². The Labute approximate surface area is 318 Å². The van der Waals surface area contributed by atoms with Crippen molar-refractivity contribution in [2.75, 3.05) is 57.9 Å². The van der Waals surface area contributed by atoms with E-state index in [4.69, 9.17) is 25.8 Å². The third kappa shape index (κ3) is 6.81. The number of likely N-dealkylation sites (tertiary alicyclic amines) is 1. The fraction of sp³-hybridized carbons (Fsp3) is 0.634. The van der Waals surface area contributed by atoms with Gasteiger partial charge in [0.1, 0.15) is 11.6 Å². The Bertz CT molecular complexity index is 1870. The molecule has 1 N–H and O–H groups in total. The molecule has 2 aromatic rings. The molecular weight excluding hydrogens is 717 g/mol. The Hall–Kier alpha value is -2.70. The van der Waals surface area contributed by atoms with Crippen LogP contribution in [0.15, 0.2) is 42.5 Å². The number of fused-ring (bicyclic) bond motifs is 7. The zero-order valence-corrected chi connectivity index (χ0v) is 32.7. The highest BCUT2D eigenvalue weighted by molar-refractivity contribution is 7.90. The summed E-state index contributed by atoms with van der Waals surface area (Å²) in [5, 5.41) is -0.672. The molecule has 0 aromatic heterocycles. The van der Waals surface area contributed by atoms with Crippen LogP contribution in [-0.2, 0) is 31.3 Å². The van der Waals surface area contributed by atoms with Gasteiger partial charge in [-0.2, -0.15) is 0 Å². The fourth-order valence-corrected chi connectivity index (χ4v) is 11.8. The summed E-state index contributed by atoms with van der Waals surface area (Å²) in [5.74, 6) is -0.132. The third-order valence-corrected chi connectivity index (χ3v) is 16.0. The molecule has 288 valence electrons. The van der Waals surface area contributed by atoms with E-state index < -0.39 is 32.2 Å². The highest BCUT2D eigenvalue weighted by atomic mass is 35.5. The van der Waals surface area contributed by atoms with E-state index in [-0.39, 0.29) is 40.1 Å². The number of allylic oxidation sites excluding steroid dienone is 1. The van der Waals surface area contributed by atoms with Crippen LogP contribution in [0, 0.1) is 29.5 Å². The predicted molar refractivity (Wildman–Crippen MR) is 204 cm³/mol. The molecule has 0 unspecified atom stereocenters. The van der Waals surface area contributed by atoms with Gasteiger partial charge in [0.15, 0.2) is 0 Å². The average Bonchev–Trinajstić information content (AvgIpc) is 3.50. The monoisotopic (exact) mass is 769 g/mol. The molecule has 2 fully saturated rings. The van der Waals surface area contributed by atoms with Crippen molar-refractivity contribution in [3.05, 3.63) is 70.0 Å². The highest BCUT2D eigenvalue weighted by Gasteiger charge is 2.53. The first-order valence-electron chi connectivity index (χ1n) is 19.6. The minimum absolute atomic E-state index is 0.0246. The third-order valence-electron chi connectivity index (χ3n) is 13.9. The second-order valence-electron chi connectivity index (χ2n) is 16.7. The first kappa shape index (κ1) is 37.2. The number of piperidine rings is 1. The van der Waals surface area contributed by atoms with Gasteiger partial charge in [-0.05, 0) is 117 Å². The Morgan fingerprint density at radius 1 is 1.11 bits per heavy atom. The summed E-state index contributed by atoms with van der Waals surface area (Å²) in [6.45, 7) is 8.70. The summed E-state index contributed by atoms with van der Waals surface area (Å²) in [4.78, 5) is 18.5. The highest BCUT2D eigenvalue weighted by Crippen LogP contribution is 2.53. The number of benzene rings is 2. The van der Waals surface area contributed by atoms with Crippen LogP contribution < -0.4 is 14.4 Å². The minimum atomic E-state index is -4.01. The number of amides is 1. The van der Waals surface area contributed by atoms with Crippen molar-refractivity contribution in [3.8, 4) is 5.75 Å². The number of hydrogen-bond donors (Lipinski definition) is 1. The lowest BCUT2D eigenvalue weighted by atomic mass is 9.63. The van der Waals surface area contributed by atoms with E-state index in [0.717, 1.165) is 69.4 Å². The number of nitrogens with zero attached hydrogens (tertiary/aromatic N) is 2. The number of rotatable bonds is 5. The zero-order valence-electron chi connectivity index (χ0n) is 31.1. The van der Waals surface area contributed by atoms with Crippen molar-refractivity contribution in [2.45, 2.75) is 87.6 Å². The molecule has 4 bridgehead atoms. The first-order chi connectivity index (χ1) is 25.4. The number of nitrogens with one attached hydrogen (secondary N) is 1. The van der Waals surface area contributed by atoms with Gasteiger partial charge in [0.05, 0.1) is 40.9 Å². The average molecular weight is 770 g/mol. The zero-order chi connectivity index (χ0) is 37.1. The molecule has 12 heteroatoms. The summed E-state index contributed by atoms with van der Waals surface area (Å²) in [6.07, 6.45) is 11.8. The summed E-state index contributed by atoms with van der Waals surface area (Å²) in [5.41, 5.74) is 1.58. The van der Waals surface area contributed by atoms with Crippen LogP contribution in [0.4, 0.5) is 10.1 Å².